The second kappa shape index (κ2) is 12.9. The number of ketones is 1. The molecule has 1 amide bonds. The van der Waals surface area contributed by atoms with Crippen LogP contribution < -0.4 is 14.4 Å². The number of ether oxygens (including phenoxy) is 2. The van der Waals surface area contributed by atoms with E-state index in [0.29, 0.717) is 45.9 Å². The van der Waals surface area contributed by atoms with E-state index in [2.05, 4.69) is 39.4 Å². The highest BCUT2D eigenvalue weighted by atomic mass is 32.2. The number of carbonyl (C=O) groups is 2. The molecule has 1 atom stereocenters. The summed E-state index contributed by atoms with van der Waals surface area (Å²) in [6.07, 6.45) is 3.02. The van der Waals surface area contributed by atoms with E-state index in [9.17, 15) is 14.7 Å². The first-order valence-corrected chi connectivity index (χ1v) is 15.8. The van der Waals surface area contributed by atoms with Crippen LogP contribution in [0.25, 0.3) is 16.5 Å². The normalized spacial score (nSPS) is 16.0. The van der Waals surface area contributed by atoms with Gasteiger partial charge in [0.05, 0.1) is 24.8 Å². The van der Waals surface area contributed by atoms with Crippen molar-refractivity contribution >= 4 is 56.5 Å². The van der Waals surface area contributed by atoms with E-state index in [1.807, 2.05) is 32.0 Å². The first-order chi connectivity index (χ1) is 21.5. The van der Waals surface area contributed by atoms with Gasteiger partial charge >= 0.3 is 5.91 Å². The molecule has 11 heteroatoms. The van der Waals surface area contributed by atoms with Crippen molar-refractivity contribution in [2.24, 2.45) is 0 Å². The van der Waals surface area contributed by atoms with Gasteiger partial charge in [0.1, 0.15) is 5.76 Å². The molecule has 9 nitrogen and oxygen atoms in total. The number of aromatic nitrogens is 3. The van der Waals surface area contributed by atoms with Crippen molar-refractivity contribution < 1.29 is 24.2 Å². The molecule has 1 saturated heterocycles. The third-order valence-electron chi connectivity index (χ3n) is 7.11. The van der Waals surface area contributed by atoms with Crippen LogP contribution in [0.1, 0.15) is 36.6 Å². The number of hydrogen-bond donors (Lipinski definition) is 1. The van der Waals surface area contributed by atoms with Gasteiger partial charge in [0.15, 0.2) is 15.8 Å². The number of anilines is 1. The Hall–Kier alpha value is -4.74. The Morgan fingerprint density at radius 3 is 2.48 bits per heavy atom. The average Bonchev–Trinajstić information content (AvgIpc) is 3.62. The van der Waals surface area contributed by atoms with Crippen LogP contribution in [-0.4, -0.2) is 45.2 Å². The standard InChI is InChI=1S/C33H28N4O5S2/c1-3-41-25-13-12-22(18-26(25)42-4-2)28-27(29(38)21-14-16-34-17-15-21)30(39)31(40)37(28)32-35-36-33(44-32)43-19-23-10-7-9-20-8-5-6-11-24(20)23/h5-18,28,38H,3-4,19H2,1-2H3. The van der Waals surface area contributed by atoms with Crippen molar-refractivity contribution in [2.45, 2.75) is 30.0 Å². The zero-order chi connectivity index (χ0) is 30.6. The number of aliphatic hydroxyl groups excluding tert-OH is 1. The van der Waals surface area contributed by atoms with Crippen LogP contribution >= 0.6 is 23.1 Å². The molecule has 0 spiro atoms. The molecule has 5 aromatic rings. The molecule has 3 aromatic carbocycles. The monoisotopic (exact) mass is 624 g/mol. The highest BCUT2D eigenvalue weighted by Crippen LogP contribution is 2.45. The lowest BCUT2D eigenvalue weighted by atomic mass is 9.95. The van der Waals surface area contributed by atoms with E-state index in [1.165, 1.54) is 40.4 Å². The highest BCUT2D eigenvalue weighted by Gasteiger charge is 2.48. The zero-order valence-electron chi connectivity index (χ0n) is 24.0. The van der Waals surface area contributed by atoms with Crippen molar-refractivity contribution in [3.63, 3.8) is 0 Å². The largest absolute Gasteiger partial charge is 0.507 e. The molecule has 1 aliphatic rings. The lowest BCUT2D eigenvalue weighted by molar-refractivity contribution is -0.132. The predicted octanol–water partition coefficient (Wildman–Crippen LogP) is 6.80. The Labute approximate surface area is 262 Å². The summed E-state index contributed by atoms with van der Waals surface area (Å²) < 4.78 is 12.2. The third-order valence-corrected chi connectivity index (χ3v) is 9.22. The Morgan fingerprint density at radius 1 is 0.932 bits per heavy atom. The number of carbonyl (C=O) groups excluding carboxylic acids is 2. The predicted molar refractivity (Wildman–Crippen MR) is 171 cm³/mol. The van der Waals surface area contributed by atoms with E-state index in [4.69, 9.17) is 9.47 Å². The number of benzene rings is 3. The van der Waals surface area contributed by atoms with Crippen LogP contribution in [0.4, 0.5) is 5.13 Å². The minimum Gasteiger partial charge on any atom is -0.507 e. The molecular formula is C33H28N4O5S2. The van der Waals surface area contributed by atoms with Gasteiger partial charge in [-0.1, -0.05) is 71.6 Å². The fraction of sp³-hybridized carbons (Fsp3) is 0.182. The SMILES string of the molecule is CCOc1ccc(C2C(=C(O)c3ccncc3)C(=O)C(=O)N2c2nnc(SCc3cccc4ccccc34)s2)cc1OCC. The molecule has 6 rings (SSSR count). The first-order valence-electron chi connectivity index (χ1n) is 14.0. The molecular weight excluding hydrogens is 597 g/mol. The van der Waals surface area contributed by atoms with Crippen LogP contribution in [-0.2, 0) is 15.3 Å². The van der Waals surface area contributed by atoms with Crippen LogP contribution in [0.2, 0.25) is 0 Å². The maximum Gasteiger partial charge on any atom is 0.301 e. The number of pyridine rings is 1. The number of thioether (sulfide) groups is 1. The molecule has 0 saturated carbocycles. The first kappa shape index (κ1) is 29.3. The number of Topliss-reactive ketones (excluding diaryl/α,β-unsaturated/α-hetero) is 1. The molecule has 1 fully saturated rings. The number of amides is 1. The topological polar surface area (TPSA) is 115 Å². The van der Waals surface area contributed by atoms with Gasteiger partial charge in [0.2, 0.25) is 5.13 Å². The summed E-state index contributed by atoms with van der Waals surface area (Å²) in [5.74, 6) is -0.287. The molecule has 0 radical (unpaired) electrons. The molecule has 0 aliphatic carbocycles. The van der Waals surface area contributed by atoms with Gasteiger partial charge in [-0.25, -0.2) is 0 Å². The lowest BCUT2D eigenvalue weighted by Crippen LogP contribution is -2.29. The Bertz CT molecular complexity index is 1870. The quantitative estimate of drug-likeness (QED) is 0.0589. The van der Waals surface area contributed by atoms with Crippen molar-refractivity contribution in [1.82, 2.24) is 15.2 Å². The summed E-state index contributed by atoms with van der Waals surface area (Å²) in [6, 6.07) is 21.8. The molecule has 1 aliphatic heterocycles. The van der Waals surface area contributed by atoms with Gasteiger partial charge < -0.3 is 14.6 Å². The maximum atomic E-state index is 13.6. The summed E-state index contributed by atoms with van der Waals surface area (Å²) in [6.45, 7) is 4.55. The van der Waals surface area contributed by atoms with E-state index in [-0.39, 0.29) is 16.5 Å². The molecule has 2 aromatic heterocycles. The van der Waals surface area contributed by atoms with Gasteiger partial charge in [-0.3, -0.25) is 19.5 Å². The van der Waals surface area contributed by atoms with Crippen molar-refractivity contribution in [3.05, 3.63) is 107 Å². The number of fused-ring (bicyclic) bond motifs is 1. The minimum absolute atomic E-state index is 0.0621. The molecule has 3 heterocycles. The molecule has 44 heavy (non-hydrogen) atoms. The summed E-state index contributed by atoms with van der Waals surface area (Å²) >= 11 is 2.72. The van der Waals surface area contributed by atoms with Gasteiger partial charge in [-0.15, -0.1) is 10.2 Å². The fourth-order valence-electron chi connectivity index (χ4n) is 5.16. The smallest absolute Gasteiger partial charge is 0.301 e. The molecule has 222 valence electrons. The zero-order valence-corrected chi connectivity index (χ0v) is 25.6. The molecule has 1 N–H and O–H groups in total. The van der Waals surface area contributed by atoms with Crippen LogP contribution in [0.15, 0.2) is 95.1 Å². The highest BCUT2D eigenvalue weighted by molar-refractivity contribution is 8.00. The summed E-state index contributed by atoms with van der Waals surface area (Å²) in [7, 11) is 0. The van der Waals surface area contributed by atoms with E-state index < -0.39 is 17.7 Å². The summed E-state index contributed by atoms with van der Waals surface area (Å²) in [5, 5.41) is 22.6. The number of nitrogens with zero attached hydrogens (tertiary/aromatic N) is 4. The Kier molecular flexibility index (Phi) is 8.58. The van der Waals surface area contributed by atoms with Crippen molar-refractivity contribution in [1.29, 1.82) is 0 Å². The van der Waals surface area contributed by atoms with Gasteiger partial charge in [-0.05, 0) is 60.0 Å². The lowest BCUT2D eigenvalue weighted by Gasteiger charge is -2.23. The molecule has 1 unspecified atom stereocenters. The number of aliphatic hydroxyl groups is 1. The summed E-state index contributed by atoms with van der Waals surface area (Å²) in [5.41, 5.74) is 2.00. The third kappa shape index (κ3) is 5.63. The van der Waals surface area contributed by atoms with Crippen LogP contribution in [0.3, 0.4) is 0 Å². The Morgan fingerprint density at radius 2 is 1.68 bits per heavy atom. The van der Waals surface area contributed by atoms with E-state index >= 15 is 0 Å². The number of rotatable bonds is 10. The fourth-order valence-corrected chi connectivity index (χ4v) is 7.04. The van der Waals surface area contributed by atoms with Crippen molar-refractivity contribution in [2.75, 3.05) is 18.1 Å². The Balaban J connectivity index is 1.40. The van der Waals surface area contributed by atoms with Crippen LogP contribution in [0.5, 0.6) is 11.5 Å². The minimum atomic E-state index is -0.984. The van der Waals surface area contributed by atoms with E-state index in [1.54, 1.807) is 30.3 Å². The van der Waals surface area contributed by atoms with Gasteiger partial charge in [0.25, 0.3) is 5.78 Å². The second-order valence-electron chi connectivity index (χ2n) is 9.75. The average molecular weight is 625 g/mol. The van der Waals surface area contributed by atoms with Gasteiger partial charge in [-0.2, -0.15) is 0 Å². The van der Waals surface area contributed by atoms with E-state index in [0.717, 1.165) is 16.3 Å². The summed E-state index contributed by atoms with van der Waals surface area (Å²) in [4.78, 5) is 32.5. The number of hydrogen-bond acceptors (Lipinski definition) is 10. The van der Waals surface area contributed by atoms with Crippen LogP contribution in [0, 0.1) is 0 Å². The van der Waals surface area contributed by atoms with Gasteiger partial charge in [0, 0.05) is 23.7 Å². The molecule has 0 bridgehead atoms. The second-order valence-corrected chi connectivity index (χ2v) is 11.9. The van der Waals surface area contributed by atoms with Crippen molar-refractivity contribution in [3.8, 4) is 11.5 Å². The maximum absolute atomic E-state index is 13.6.